The SMILES string of the molecule is [2H]c1cc(C([2H])([2H])C(C)(C)C)ccc1C(/C=C(\C)c1cccc2c1oc1nc(C([2H])([2H])[2H])ccc12)=C(/C=N)C([2H])([2H])[2H]. The van der Waals surface area contributed by atoms with Crippen LogP contribution in [0.2, 0.25) is 0 Å². The fraction of sp³-hybridized carbons (Fsp3) is 0.267. The van der Waals surface area contributed by atoms with Crippen molar-refractivity contribution in [2.24, 2.45) is 5.41 Å². The van der Waals surface area contributed by atoms with Gasteiger partial charge in [0.1, 0.15) is 5.58 Å². The molecule has 2 heterocycles. The summed E-state index contributed by atoms with van der Waals surface area (Å²) in [7, 11) is 0. The highest BCUT2D eigenvalue weighted by molar-refractivity contribution is 6.07. The molecule has 33 heavy (non-hydrogen) atoms. The maximum absolute atomic E-state index is 8.76. The van der Waals surface area contributed by atoms with E-state index in [1.54, 1.807) is 58.0 Å². The Labute approximate surface area is 209 Å². The molecule has 1 N–H and O–H groups in total. The second kappa shape index (κ2) is 8.82. The molecule has 3 nitrogen and oxygen atoms in total. The molecule has 0 radical (unpaired) electrons. The third kappa shape index (κ3) is 4.83. The number of fused-ring (bicyclic) bond motifs is 3. The number of para-hydroxylation sites is 1. The number of pyridine rings is 1. The van der Waals surface area contributed by atoms with E-state index < -0.39 is 25.5 Å². The molecule has 168 valence electrons. The molecule has 0 unspecified atom stereocenters. The van der Waals surface area contributed by atoms with E-state index in [1.807, 2.05) is 6.07 Å². The normalized spacial score (nSPS) is 18.7. The van der Waals surface area contributed by atoms with Crippen LogP contribution in [0, 0.1) is 17.7 Å². The van der Waals surface area contributed by atoms with E-state index in [4.69, 9.17) is 22.2 Å². The molecule has 0 atom stereocenters. The summed E-state index contributed by atoms with van der Waals surface area (Å²) in [5.74, 6) is 0. The van der Waals surface area contributed by atoms with Gasteiger partial charge < -0.3 is 9.83 Å². The van der Waals surface area contributed by atoms with E-state index in [1.165, 1.54) is 18.2 Å². The highest BCUT2D eigenvalue weighted by Crippen LogP contribution is 2.34. The molecule has 0 saturated carbocycles. The van der Waals surface area contributed by atoms with Crippen molar-refractivity contribution in [1.82, 2.24) is 4.98 Å². The molecule has 0 aliphatic heterocycles. The first kappa shape index (κ1) is 13.9. The number of furan rings is 1. The molecular formula is C30H32N2O. The van der Waals surface area contributed by atoms with E-state index in [0.717, 1.165) is 6.21 Å². The second-order valence-electron chi connectivity index (χ2n) is 9.00. The van der Waals surface area contributed by atoms with Crippen LogP contribution < -0.4 is 0 Å². The number of benzene rings is 2. The lowest BCUT2D eigenvalue weighted by atomic mass is 9.87. The Hall–Kier alpha value is -3.46. The zero-order valence-corrected chi connectivity index (χ0v) is 19.1. The summed E-state index contributed by atoms with van der Waals surface area (Å²) in [6.07, 6.45) is 0.590. The van der Waals surface area contributed by atoms with Crippen LogP contribution in [-0.4, -0.2) is 11.2 Å². The Balaban J connectivity index is 1.94. The van der Waals surface area contributed by atoms with Crippen molar-refractivity contribution in [2.45, 2.75) is 47.8 Å². The summed E-state index contributed by atoms with van der Waals surface area (Å²) >= 11 is 0. The van der Waals surface area contributed by atoms with Crippen molar-refractivity contribution in [3.05, 3.63) is 88.6 Å². The van der Waals surface area contributed by atoms with Crippen molar-refractivity contribution >= 4 is 39.4 Å². The first-order valence-electron chi connectivity index (χ1n) is 15.2. The van der Waals surface area contributed by atoms with Crippen molar-refractivity contribution in [3.8, 4) is 0 Å². The van der Waals surface area contributed by atoms with E-state index in [2.05, 4.69) is 4.98 Å². The van der Waals surface area contributed by atoms with Crippen LogP contribution in [0.4, 0.5) is 0 Å². The third-order valence-electron chi connectivity index (χ3n) is 5.21. The smallest absolute Gasteiger partial charge is 0.227 e. The number of nitrogens with zero attached hydrogens (tertiary/aromatic N) is 1. The van der Waals surface area contributed by atoms with Gasteiger partial charge in [-0.3, -0.25) is 0 Å². The summed E-state index contributed by atoms with van der Waals surface area (Å²) in [5, 5.41) is 9.27. The lowest BCUT2D eigenvalue weighted by Gasteiger charge is -2.18. The zero-order valence-electron chi connectivity index (χ0n) is 28.1. The highest BCUT2D eigenvalue weighted by atomic mass is 16.3. The summed E-state index contributed by atoms with van der Waals surface area (Å²) in [4.78, 5) is 4.21. The van der Waals surface area contributed by atoms with Gasteiger partial charge in [0, 0.05) is 39.2 Å². The molecule has 3 heteroatoms. The number of hydrogen-bond donors (Lipinski definition) is 1. The predicted octanol–water partition coefficient (Wildman–Crippen LogP) is 8.40. The van der Waals surface area contributed by atoms with Gasteiger partial charge in [-0.05, 0) is 72.4 Å². The summed E-state index contributed by atoms with van der Waals surface area (Å²) in [5.41, 5.74) is 1.30. The molecule has 4 rings (SSSR count). The van der Waals surface area contributed by atoms with Crippen LogP contribution in [0.5, 0.6) is 0 Å². The van der Waals surface area contributed by atoms with Gasteiger partial charge in [0.2, 0.25) is 5.71 Å². The largest absolute Gasteiger partial charge is 0.437 e. The minimum Gasteiger partial charge on any atom is -0.437 e. The molecule has 0 amide bonds. The Morgan fingerprint density at radius 3 is 2.70 bits per heavy atom. The average Bonchev–Trinajstić information content (AvgIpc) is 3.24. The number of nitrogens with one attached hydrogen (secondary N) is 1. The Bertz CT molecular complexity index is 1750. The zero-order chi connectivity index (χ0) is 31.4. The standard InChI is InChI=1S/C30H32N2O/c1-19(24-8-7-9-25-26-15-10-21(3)32-29(26)33-28(24)25)16-27(20(2)18-31)23-13-11-22(12-14-23)17-30(4,5)6/h7-16,18,31H,17H2,1-6H3/b19-16+,27-20+,31-18?/i2D3,3D3,13D,17D2. The summed E-state index contributed by atoms with van der Waals surface area (Å²) < 4.78 is 79.3. The van der Waals surface area contributed by atoms with E-state index in [0.29, 0.717) is 33.1 Å². The van der Waals surface area contributed by atoms with Gasteiger partial charge in [-0.1, -0.05) is 69.3 Å². The quantitative estimate of drug-likeness (QED) is 0.248. The Morgan fingerprint density at radius 2 is 2.00 bits per heavy atom. The topological polar surface area (TPSA) is 49.9 Å². The molecule has 4 aromatic rings. The second-order valence-corrected chi connectivity index (χ2v) is 9.00. The number of rotatable bonds is 5. The fourth-order valence-corrected chi connectivity index (χ4v) is 3.77. The molecule has 0 spiro atoms. The van der Waals surface area contributed by atoms with Crippen molar-refractivity contribution < 1.29 is 16.8 Å². The van der Waals surface area contributed by atoms with Gasteiger partial charge in [-0.15, -0.1) is 0 Å². The minimum atomic E-state index is -2.67. The highest BCUT2D eigenvalue weighted by Gasteiger charge is 2.14. The van der Waals surface area contributed by atoms with Crippen LogP contribution in [-0.2, 0) is 6.37 Å². The van der Waals surface area contributed by atoms with Crippen molar-refractivity contribution in [1.29, 1.82) is 5.41 Å². The van der Waals surface area contributed by atoms with Gasteiger partial charge in [0.15, 0.2) is 0 Å². The Kier molecular flexibility index (Phi) is 3.73. The average molecular weight is 446 g/mol. The molecule has 0 saturated heterocycles. The molecular weight excluding hydrogens is 404 g/mol. The van der Waals surface area contributed by atoms with E-state index in [9.17, 15) is 0 Å². The third-order valence-corrected chi connectivity index (χ3v) is 5.21. The van der Waals surface area contributed by atoms with Gasteiger partial charge in [-0.25, -0.2) is 4.98 Å². The van der Waals surface area contributed by atoms with Gasteiger partial charge in [0.05, 0.1) is 1.37 Å². The lowest BCUT2D eigenvalue weighted by Crippen LogP contribution is -2.08. The first-order chi connectivity index (χ1) is 19.3. The molecule has 0 bridgehead atoms. The van der Waals surface area contributed by atoms with Crippen LogP contribution in [0.25, 0.3) is 33.2 Å². The monoisotopic (exact) mass is 445 g/mol. The van der Waals surface area contributed by atoms with E-state index >= 15 is 0 Å². The molecule has 0 aliphatic carbocycles. The van der Waals surface area contributed by atoms with Crippen LogP contribution in [0.1, 0.15) is 69.3 Å². The number of allylic oxidation sites excluding steroid dienone is 4. The van der Waals surface area contributed by atoms with E-state index in [-0.39, 0.29) is 34.2 Å². The molecule has 2 aromatic carbocycles. The maximum atomic E-state index is 8.76. The van der Waals surface area contributed by atoms with Crippen LogP contribution in [0.15, 0.2) is 70.6 Å². The Morgan fingerprint density at radius 1 is 1.15 bits per heavy atom. The van der Waals surface area contributed by atoms with Gasteiger partial charge >= 0.3 is 0 Å². The van der Waals surface area contributed by atoms with Gasteiger partial charge in [0.25, 0.3) is 0 Å². The minimum absolute atomic E-state index is 0.0772. The number of aryl methyl sites for hydroxylation is 1. The van der Waals surface area contributed by atoms with Crippen molar-refractivity contribution in [2.75, 3.05) is 0 Å². The number of aromatic nitrogens is 1. The maximum Gasteiger partial charge on any atom is 0.227 e. The van der Waals surface area contributed by atoms with Crippen molar-refractivity contribution in [3.63, 3.8) is 0 Å². The molecule has 0 fully saturated rings. The predicted molar refractivity (Wildman–Crippen MR) is 141 cm³/mol. The van der Waals surface area contributed by atoms with Crippen LogP contribution in [0.3, 0.4) is 0 Å². The van der Waals surface area contributed by atoms with Crippen LogP contribution >= 0.6 is 0 Å². The number of hydrogen-bond acceptors (Lipinski definition) is 3. The summed E-state index contributed by atoms with van der Waals surface area (Å²) in [6, 6.07) is 12.9. The molecule has 0 aliphatic rings. The fourth-order valence-electron chi connectivity index (χ4n) is 3.77. The molecule has 2 aromatic heterocycles. The lowest BCUT2D eigenvalue weighted by molar-refractivity contribution is 0.411. The summed E-state index contributed by atoms with van der Waals surface area (Å²) in [6.45, 7) is 1.98. The first-order valence-corrected chi connectivity index (χ1v) is 10.7. The van der Waals surface area contributed by atoms with Gasteiger partial charge in [-0.2, -0.15) is 0 Å².